The van der Waals surface area contributed by atoms with Gasteiger partial charge in [-0.3, -0.25) is 4.57 Å². The van der Waals surface area contributed by atoms with Crippen LogP contribution in [0.3, 0.4) is 0 Å². The van der Waals surface area contributed by atoms with Crippen LogP contribution in [0.5, 0.6) is 0 Å². The van der Waals surface area contributed by atoms with Crippen LogP contribution >= 0.6 is 0 Å². The van der Waals surface area contributed by atoms with Gasteiger partial charge in [0.2, 0.25) is 23.7 Å². The van der Waals surface area contributed by atoms with Gasteiger partial charge < -0.3 is 19.7 Å². The molecule has 1 fully saturated rings. The normalized spacial score (nSPS) is 14.6. The highest BCUT2D eigenvalue weighted by Gasteiger charge is 2.27. The Kier molecular flexibility index (Phi) is 9.15. The third kappa shape index (κ3) is 6.84. The number of terminal acetylenes is 1. The lowest BCUT2D eigenvalue weighted by Gasteiger charge is -2.30. The molecular weight excluding hydrogens is 566 g/mol. The van der Waals surface area contributed by atoms with Crippen LogP contribution in [0.15, 0.2) is 59.6 Å². The number of halogens is 2. The minimum Gasteiger partial charge on any atom is -0.481 e. The lowest BCUT2D eigenvalue weighted by Crippen LogP contribution is -2.39. The van der Waals surface area contributed by atoms with E-state index in [4.69, 9.17) is 20.9 Å². The number of aliphatic imine (C=N–C) groups is 1. The van der Waals surface area contributed by atoms with Crippen LogP contribution in [-0.4, -0.2) is 69.4 Å². The summed E-state index contributed by atoms with van der Waals surface area (Å²) in [6.45, 7) is 8.15. The first kappa shape index (κ1) is 30.6. The number of fused-ring (bicyclic) bond motifs is 1. The van der Waals surface area contributed by atoms with Gasteiger partial charge in [0.05, 0.1) is 31.4 Å². The number of hydrogen-bond donors (Lipinski definition) is 1. The second-order valence-electron chi connectivity index (χ2n) is 10.9. The number of rotatable bonds is 9. The Morgan fingerprint density at radius 3 is 2.52 bits per heavy atom. The summed E-state index contributed by atoms with van der Waals surface area (Å²) in [6, 6.07) is 17.2. The lowest BCUT2D eigenvalue weighted by molar-refractivity contribution is 0.122. The van der Waals surface area contributed by atoms with Gasteiger partial charge in [-0.05, 0) is 56.0 Å². The minimum atomic E-state index is -2.84. The fraction of sp³-hybridized carbons (Fsp3) is 0.344. The summed E-state index contributed by atoms with van der Waals surface area (Å²) in [7, 11) is 1.52. The van der Waals surface area contributed by atoms with Gasteiger partial charge >= 0.3 is 0 Å². The van der Waals surface area contributed by atoms with Crippen molar-refractivity contribution in [3.63, 3.8) is 0 Å². The Hall–Kier alpha value is -4.89. The fourth-order valence-electron chi connectivity index (χ4n) is 5.16. The summed E-state index contributed by atoms with van der Waals surface area (Å²) in [6.07, 6.45) is 4.87. The monoisotopic (exact) mass is 600 g/mol. The Morgan fingerprint density at radius 1 is 1.09 bits per heavy atom. The first-order chi connectivity index (χ1) is 21.2. The van der Waals surface area contributed by atoms with Crippen LogP contribution in [0.4, 0.5) is 20.7 Å². The number of benzene rings is 2. The molecule has 12 heteroatoms. The first-order valence-corrected chi connectivity index (χ1v) is 14.2. The molecule has 1 N–H and O–H groups in total. The van der Waals surface area contributed by atoms with E-state index >= 15 is 0 Å². The summed E-state index contributed by atoms with van der Waals surface area (Å²) < 4.78 is 40.6. The second kappa shape index (κ2) is 13.2. The molecule has 0 spiro atoms. The van der Waals surface area contributed by atoms with Crippen molar-refractivity contribution in [3.05, 3.63) is 71.6 Å². The maximum Gasteiger partial charge on any atom is 0.296 e. The molecule has 0 saturated carbocycles. The van der Waals surface area contributed by atoms with E-state index in [1.165, 1.54) is 11.7 Å². The van der Waals surface area contributed by atoms with Gasteiger partial charge in [0.1, 0.15) is 0 Å². The topological polar surface area (TPSA) is 103 Å². The molecule has 2 aromatic carbocycles. The number of ether oxygens (including phenoxy) is 2. The molecule has 0 atom stereocenters. The average Bonchev–Trinajstić information content (AvgIpc) is 3.41. The number of morpholine rings is 1. The van der Waals surface area contributed by atoms with E-state index in [1.54, 1.807) is 30.3 Å². The molecule has 1 aliphatic rings. The van der Waals surface area contributed by atoms with Crippen LogP contribution in [0.2, 0.25) is 0 Å². The number of allylic oxidation sites excluding steroid dienone is 1. The number of alkyl halides is 2. The molecule has 0 radical (unpaired) electrons. The van der Waals surface area contributed by atoms with Crippen molar-refractivity contribution in [2.45, 2.75) is 39.2 Å². The highest BCUT2D eigenvalue weighted by molar-refractivity contribution is 5.95. The molecule has 0 bridgehead atoms. The van der Waals surface area contributed by atoms with E-state index in [-0.39, 0.29) is 11.9 Å². The van der Waals surface area contributed by atoms with Crippen LogP contribution in [0.25, 0.3) is 22.6 Å². The lowest BCUT2D eigenvalue weighted by atomic mass is 9.89. The molecule has 0 aliphatic carbocycles. The predicted octanol–water partition coefficient (Wildman–Crippen LogP) is 5.46. The van der Waals surface area contributed by atoms with Crippen LogP contribution in [0, 0.1) is 12.5 Å². The molecule has 1 aliphatic heterocycles. The van der Waals surface area contributed by atoms with Crippen LogP contribution < -0.4 is 10.2 Å². The third-order valence-electron chi connectivity index (χ3n) is 7.14. The highest BCUT2D eigenvalue weighted by atomic mass is 19.3. The SMILES string of the molecule is C#CN=C(/C=C(\C)c1ccccc1CC(C)(C)Nc1nc(N2CCOCC2)nc(-n2c(C(F)F)nc3ccccc32)n1)OC. The van der Waals surface area contributed by atoms with Crippen molar-refractivity contribution < 1.29 is 18.3 Å². The van der Waals surface area contributed by atoms with Crippen LogP contribution in [-0.2, 0) is 15.9 Å². The largest absolute Gasteiger partial charge is 0.481 e. The summed E-state index contributed by atoms with van der Waals surface area (Å²) in [5.74, 6) is 0.583. The number of nitrogens with one attached hydrogen (secondary N) is 1. The maximum atomic E-state index is 14.2. The standard InChI is InChI=1S/C32H34F2N8O2/c1-6-35-26(43-5)19-21(2)23-12-8-7-11-22(23)20-32(3,4)40-29-37-30(41-15-17-44-18-16-41)39-31(38-29)42-25-14-10-9-13-24(25)36-28(42)27(33)34/h1,7-14,19,27H,15-18,20H2,2-5H3,(H,37,38,39,40)/b21-19+,35-26?. The molecule has 3 heterocycles. The van der Waals surface area contributed by atoms with E-state index in [0.717, 1.165) is 16.7 Å². The molecule has 10 nitrogen and oxygen atoms in total. The fourth-order valence-corrected chi connectivity index (χ4v) is 5.16. The Balaban J connectivity index is 1.53. The number of imidazole rings is 1. The van der Waals surface area contributed by atoms with Crippen molar-refractivity contribution >= 4 is 34.4 Å². The zero-order valence-electron chi connectivity index (χ0n) is 25.1. The van der Waals surface area contributed by atoms with E-state index in [1.807, 2.05) is 49.9 Å². The molecule has 44 heavy (non-hydrogen) atoms. The number of hydrogen-bond acceptors (Lipinski definition) is 9. The molecule has 5 rings (SSSR count). The first-order valence-electron chi connectivity index (χ1n) is 14.2. The van der Waals surface area contributed by atoms with Crippen molar-refractivity contribution in [3.8, 4) is 18.4 Å². The summed E-state index contributed by atoms with van der Waals surface area (Å²) in [5.41, 5.74) is 3.31. The zero-order chi connectivity index (χ0) is 31.3. The minimum absolute atomic E-state index is 0.0582. The molecule has 1 saturated heterocycles. The van der Waals surface area contributed by atoms with Gasteiger partial charge in [0.25, 0.3) is 6.43 Å². The average molecular weight is 601 g/mol. The van der Waals surface area contributed by atoms with Crippen molar-refractivity contribution in [2.75, 3.05) is 43.6 Å². The highest BCUT2D eigenvalue weighted by Crippen LogP contribution is 2.29. The number of aromatic nitrogens is 5. The molecule has 0 amide bonds. The van der Waals surface area contributed by atoms with Crippen LogP contribution in [0.1, 0.15) is 44.1 Å². The maximum absolute atomic E-state index is 14.2. The van der Waals surface area contributed by atoms with E-state index in [0.29, 0.717) is 55.6 Å². The molecule has 2 aromatic heterocycles. The molecule has 4 aromatic rings. The second-order valence-corrected chi connectivity index (χ2v) is 10.9. The van der Waals surface area contributed by atoms with Gasteiger partial charge in [-0.2, -0.15) is 19.9 Å². The van der Waals surface area contributed by atoms with Gasteiger partial charge in [0, 0.05) is 30.7 Å². The Labute approximate surface area is 254 Å². The van der Waals surface area contributed by atoms with Crippen molar-refractivity contribution in [2.24, 2.45) is 4.99 Å². The van der Waals surface area contributed by atoms with Gasteiger partial charge in [-0.15, -0.1) is 0 Å². The number of nitrogens with zero attached hydrogens (tertiary/aromatic N) is 7. The molecular formula is C32H34F2N8O2. The van der Waals surface area contributed by atoms with Crippen molar-refractivity contribution in [1.82, 2.24) is 24.5 Å². The van der Waals surface area contributed by atoms with E-state index in [2.05, 4.69) is 31.3 Å². The third-order valence-corrected chi connectivity index (χ3v) is 7.14. The van der Waals surface area contributed by atoms with Gasteiger partial charge in [0.15, 0.2) is 5.82 Å². The predicted molar refractivity (Wildman–Crippen MR) is 167 cm³/mol. The van der Waals surface area contributed by atoms with E-state index < -0.39 is 17.8 Å². The Morgan fingerprint density at radius 2 is 1.80 bits per heavy atom. The number of methoxy groups -OCH3 is 1. The summed E-state index contributed by atoms with van der Waals surface area (Å²) in [5, 5.41) is 3.45. The van der Waals surface area contributed by atoms with Gasteiger partial charge in [-0.1, -0.05) is 42.8 Å². The quantitative estimate of drug-likeness (QED) is 0.154. The zero-order valence-corrected chi connectivity index (χ0v) is 25.1. The number of anilines is 2. The van der Waals surface area contributed by atoms with Crippen molar-refractivity contribution in [1.29, 1.82) is 0 Å². The summed E-state index contributed by atoms with van der Waals surface area (Å²) >= 11 is 0. The van der Waals surface area contributed by atoms with E-state index in [9.17, 15) is 8.78 Å². The number of para-hydroxylation sites is 2. The molecule has 228 valence electrons. The van der Waals surface area contributed by atoms with Gasteiger partial charge in [-0.25, -0.2) is 13.8 Å². The smallest absolute Gasteiger partial charge is 0.296 e. The summed E-state index contributed by atoms with van der Waals surface area (Å²) in [4.78, 5) is 24.1. The Bertz CT molecular complexity index is 1740. The molecule has 0 unspecified atom stereocenters.